The standard InChI is InChI=1S/C37H56N6O7S/c1-38-34(47)26-17-15-25(16-18-26)24-39-31(44)14-8-3-9-21-43-33(46)23-30(37(43)50)51-22-10-4-7-13-28(35(48)40-27-11-5-2-6-12-27)42-36(49)29-19-20-32(45)41-29/h2,5-6,11-12,25-26,28-30,34,38,47H,3-4,7-10,13-24H2,1H3,(H,39,44)(H,40,48)(H,41,45)(H,42,49)/t25?,26?,28-,29+,30?,34?/m0/s1. The molecule has 2 saturated heterocycles. The maximum Gasteiger partial charge on any atom is 0.246 e. The van der Waals surface area contributed by atoms with E-state index in [2.05, 4.69) is 26.6 Å². The fourth-order valence-electron chi connectivity index (χ4n) is 7.00. The van der Waals surface area contributed by atoms with Crippen molar-refractivity contribution in [3.8, 4) is 0 Å². The summed E-state index contributed by atoms with van der Waals surface area (Å²) in [5, 5.41) is 23.8. The Labute approximate surface area is 305 Å². The van der Waals surface area contributed by atoms with Gasteiger partial charge in [0.15, 0.2) is 0 Å². The molecule has 6 N–H and O–H groups in total. The lowest BCUT2D eigenvalue weighted by Crippen LogP contribution is -2.50. The molecule has 13 nitrogen and oxygen atoms in total. The summed E-state index contributed by atoms with van der Waals surface area (Å²) >= 11 is 1.49. The van der Waals surface area contributed by atoms with E-state index in [-0.39, 0.29) is 59.5 Å². The summed E-state index contributed by atoms with van der Waals surface area (Å²) in [6.07, 6.45) is 9.60. The number of unbranched alkanes of at least 4 members (excludes halogenated alkanes) is 4. The second-order valence-electron chi connectivity index (χ2n) is 14.0. The summed E-state index contributed by atoms with van der Waals surface area (Å²) in [7, 11) is 1.77. The smallest absolute Gasteiger partial charge is 0.246 e. The summed E-state index contributed by atoms with van der Waals surface area (Å²) in [5.74, 6) is 0.325. The number of carbonyl (C=O) groups excluding carboxylic acids is 6. The van der Waals surface area contributed by atoms with Crippen LogP contribution in [0.1, 0.15) is 96.3 Å². The zero-order valence-electron chi connectivity index (χ0n) is 29.8. The molecule has 4 rings (SSSR count). The molecular weight excluding hydrogens is 673 g/mol. The first-order valence-electron chi connectivity index (χ1n) is 18.7. The Hall–Kier alpha value is -3.49. The van der Waals surface area contributed by atoms with Crippen molar-refractivity contribution in [2.75, 3.05) is 31.2 Å². The highest BCUT2D eigenvalue weighted by atomic mass is 32.2. The Balaban J connectivity index is 1.07. The highest BCUT2D eigenvalue weighted by Crippen LogP contribution is 2.30. The fraction of sp³-hybridized carbons (Fsp3) is 0.676. The largest absolute Gasteiger partial charge is 0.378 e. The molecule has 14 heteroatoms. The van der Waals surface area contributed by atoms with Crippen molar-refractivity contribution in [2.24, 2.45) is 11.8 Å². The van der Waals surface area contributed by atoms with Gasteiger partial charge in [-0.15, -0.1) is 11.8 Å². The van der Waals surface area contributed by atoms with Gasteiger partial charge < -0.3 is 26.4 Å². The van der Waals surface area contributed by atoms with Gasteiger partial charge in [-0.05, 0) is 94.6 Å². The SMILES string of the molecule is CNC(O)C1CCC(CNC(=O)CCCCCN2C(=O)CC(SCCCCC[C@H](NC(=O)[C@H]3CCC(=O)N3)C(=O)Nc3ccccc3)C2=O)CC1. The Morgan fingerprint density at radius 1 is 0.961 bits per heavy atom. The molecule has 0 aromatic heterocycles. The number of nitrogens with one attached hydrogen (secondary N) is 5. The number of benzene rings is 1. The highest BCUT2D eigenvalue weighted by Gasteiger charge is 2.38. The van der Waals surface area contributed by atoms with Crippen LogP contribution in [0.4, 0.5) is 5.69 Å². The van der Waals surface area contributed by atoms with Crippen LogP contribution >= 0.6 is 11.8 Å². The average Bonchev–Trinajstić information content (AvgIpc) is 3.69. The first kappa shape index (κ1) is 40.3. The molecule has 1 aliphatic carbocycles. The van der Waals surface area contributed by atoms with E-state index in [0.717, 1.165) is 44.9 Å². The predicted molar refractivity (Wildman–Crippen MR) is 196 cm³/mol. The number of nitrogens with zero attached hydrogens (tertiary/aromatic N) is 1. The van der Waals surface area contributed by atoms with Crippen molar-refractivity contribution in [1.82, 2.24) is 26.2 Å². The molecule has 2 aliphatic heterocycles. The molecule has 0 bridgehead atoms. The van der Waals surface area contributed by atoms with Crippen LogP contribution in [0.15, 0.2) is 30.3 Å². The zero-order chi connectivity index (χ0) is 36.6. The number of thioether (sulfide) groups is 1. The first-order valence-corrected chi connectivity index (χ1v) is 19.7. The van der Waals surface area contributed by atoms with Gasteiger partial charge in [-0.25, -0.2) is 0 Å². The number of carbonyl (C=O) groups is 6. The summed E-state index contributed by atoms with van der Waals surface area (Å²) in [6, 6.07) is 7.64. The number of imide groups is 1. The lowest BCUT2D eigenvalue weighted by Gasteiger charge is -2.31. The molecule has 3 fully saturated rings. The predicted octanol–water partition coefficient (Wildman–Crippen LogP) is 2.83. The van der Waals surface area contributed by atoms with E-state index in [4.69, 9.17) is 0 Å². The van der Waals surface area contributed by atoms with Crippen LogP contribution in [0.25, 0.3) is 0 Å². The Bertz CT molecular complexity index is 1330. The number of anilines is 1. The summed E-state index contributed by atoms with van der Waals surface area (Å²) in [4.78, 5) is 76.7. The minimum Gasteiger partial charge on any atom is -0.378 e. The van der Waals surface area contributed by atoms with Gasteiger partial charge in [0, 0.05) is 38.0 Å². The second-order valence-corrected chi connectivity index (χ2v) is 15.3. The van der Waals surface area contributed by atoms with E-state index in [1.54, 1.807) is 19.2 Å². The van der Waals surface area contributed by atoms with E-state index in [1.165, 1.54) is 16.7 Å². The van der Waals surface area contributed by atoms with Gasteiger partial charge >= 0.3 is 0 Å². The number of hydrogen-bond acceptors (Lipinski definition) is 9. The lowest BCUT2D eigenvalue weighted by atomic mass is 9.81. The van der Waals surface area contributed by atoms with Crippen LogP contribution in [0, 0.1) is 11.8 Å². The van der Waals surface area contributed by atoms with E-state index < -0.39 is 18.3 Å². The summed E-state index contributed by atoms with van der Waals surface area (Å²) in [5.41, 5.74) is 0.632. The Morgan fingerprint density at radius 3 is 2.41 bits per heavy atom. The van der Waals surface area contributed by atoms with Crippen LogP contribution < -0.4 is 26.6 Å². The molecule has 2 unspecified atom stereocenters. The van der Waals surface area contributed by atoms with Gasteiger partial charge in [-0.3, -0.25) is 39.0 Å². The molecule has 3 aliphatic rings. The van der Waals surface area contributed by atoms with E-state index in [9.17, 15) is 33.9 Å². The molecule has 282 valence electrons. The zero-order valence-corrected chi connectivity index (χ0v) is 30.6. The van der Waals surface area contributed by atoms with Crippen molar-refractivity contribution in [2.45, 2.75) is 120 Å². The molecule has 2 heterocycles. The fourth-order valence-corrected chi connectivity index (χ4v) is 8.18. The van der Waals surface area contributed by atoms with Crippen molar-refractivity contribution in [1.29, 1.82) is 0 Å². The number of aliphatic hydroxyl groups is 1. The molecule has 1 aromatic rings. The monoisotopic (exact) mass is 728 g/mol. The first-order chi connectivity index (χ1) is 24.6. The van der Waals surface area contributed by atoms with Crippen LogP contribution in [-0.2, 0) is 28.8 Å². The summed E-state index contributed by atoms with van der Waals surface area (Å²) in [6.45, 7) is 1.05. The highest BCUT2D eigenvalue weighted by molar-refractivity contribution is 8.00. The van der Waals surface area contributed by atoms with Crippen molar-refractivity contribution in [3.05, 3.63) is 30.3 Å². The van der Waals surface area contributed by atoms with E-state index in [1.807, 2.05) is 18.2 Å². The molecule has 51 heavy (non-hydrogen) atoms. The number of rotatable bonds is 21. The Morgan fingerprint density at radius 2 is 1.71 bits per heavy atom. The Kier molecular flexibility index (Phi) is 16.7. The van der Waals surface area contributed by atoms with Crippen molar-refractivity contribution in [3.63, 3.8) is 0 Å². The van der Waals surface area contributed by atoms with Gasteiger partial charge in [0.1, 0.15) is 18.3 Å². The third kappa shape index (κ3) is 13.2. The number of amides is 6. The van der Waals surface area contributed by atoms with Gasteiger partial charge in [0.25, 0.3) is 0 Å². The maximum atomic E-state index is 13.1. The molecule has 1 saturated carbocycles. The minimum absolute atomic E-state index is 0.0342. The normalized spacial score (nSPS) is 23.1. The van der Waals surface area contributed by atoms with Gasteiger partial charge in [0.2, 0.25) is 35.4 Å². The summed E-state index contributed by atoms with van der Waals surface area (Å²) < 4.78 is 0. The third-order valence-corrected chi connectivity index (χ3v) is 11.4. The number of aliphatic hydroxyl groups excluding tert-OH is 1. The lowest BCUT2D eigenvalue weighted by molar-refractivity contribution is -0.138. The van der Waals surface area contributed by atoms with E-state index >= 15 is 0 Å². The van der Waals surface area contributed by atoms with Gasteiger partial charge in [-0.1, -0.05) is 37.5 Å². The van der Waals surface area contributed by atoms with Crippen LogP contribution in [0.2, 0.25) is 0 Å². The average molecular weight is 729 g/mol. The van der Waals surface area contributed by atoms with Crippen molar-refractivity contribution < 1.29 is 33.9 Å². The van der Waals surface area contributed by atoms with Crippen LogP contribution in [-0.4, -0.2) is 94.9 Å². The van der Waals surface area contributed by atoms with E-state index in [0.29, 0.717) is 69.0 Å². The van der Waals surface area contributed by atoms with Crippen LogP contribution in [0.5, 0.6) is 0 Å². The molecule has 6 amide bonds. The van der Waals surface area contributed by atoms with Crippen molar-refractivity contribution >= 4 is 52.9 Å². The maximum absolute atomic E-state index is 13.1. The van der Waals surface area contributed by atoms with Crippen LogP contribution in [0.3, 0.4) is 0 Å². The third-order valence-electron chi connectivity index (χ3n) is 10.2. The quantitative estimate of drug-likeness (QED) is 0.0629. The molecule has 4 atom stereocenters. The van der Waals surface area contributed by atoms with Gasteiger partial charge in [0.05, 0.1) is 5.25 Å². The molecular formula is C37H56N6O7S. The topological polar surface area (TPSA) is 186 Å². The molecule has 1 aromatic carbocycles. The molecule has 0 spiro atoms. The number of para-hydroxylation sites is 1. The van der Waals surface area contributed by atoms with Gasteiger partial charge in [-0.2, -0.15) is 0 Å². The minimum atomic E-state index is -0.755. The number of hydrogen-bond donors (Lipinski definition) is 6. The second kappa shape index (κ2) is 21.1. The number of likely N-dealkylation sites (tertiary alicyclic amines) is 1. The molecule has 0 radical (unpaired) electrons.